The number of aromatic nitrogens is 1. The van der Waals surface area contributed by atoms with Crippen molar-refractivity contribution in [1.29, 1.82) is 5.26 Å². The molecule has 0 bridgehead atoms. The Kier molecular flexibility index (Phi) is 6.70. The van der Waals surface area contributed by atoms with E-state index in [0.29, 0.717) is 22.6 Å². The largest absolute Gasteiger partial charge is 0.324 e. The van der Waals surface area contributed by atoms with Gasteiger partial charge in [0.25, 0.3) is 0 Å². The summed E-state index contributed by atoms with van der Waals surface area (Å²) >= 11 is 5.92. The molecule has 6 heteroatoms. The quantitative estimate of drug-likeness (QED) is 0.678. The highest BCUT2D eigenvalue weighted by Crippen LogP contribution is 2.27. The van der Waals surface area contributed by atoms with E-state index in [-0.39, 0.29) is 12.4 Å². The van der Waals surface area contributed by atoms with Crippen LogP contribution in [0.15, 0.2) is 60.8 Å². The Labute approximate surface area is 162 Å². The molecule has 3 rings (SSSR count). The molecule has 3 nitrogen and oxygen atoms in total. The van der Waals surface area contributed by atoms with Gasteiger partial charge in [-0.05, 0) is 47.5 Å². The molecule has 2 aromatic carbocycles. The van der Waals surface area contributed by atoms with Crippen LogP contribution in [0.4, 0.5) is 4.39 Å². The van der Waals surface area contributed by atoms with Crippen molar-refractivity contribution in [3.05, 3.63) is 88.5 Å². The topological polar surface area (TPSA) is 62.7 Å². The Morgan fingerprint density at radius 2 is 1.96 bits per heavy atom. The van der Waals surface area contributed by atoms with Crippen molar-refractivity contribution >= 4 is 24.0 Å². The first-order valence-electron chi connectivity index (χ1n) is 7.73. The number of nitrogens with zero attached hydrogens (tertiary/aromatic N) is 2. The zero-order valence-corrected chi connectivity index (χ0v) is 15.3. The van der Waals surface area contributed by atoms with Crippen LogP contribution in [-0.4, -0.2) is 4.98 Å². The molecule has 0 saturated carbocycles. The predicted molar refractivity (Wildman–Crippen MR) is 104 cm³/mol. The molecule has 1 atom stereocenters. The first kappa shape index (κ1) is 19.9. The van der Waals surface area contributed by atoms with E-state index in [1.807, 2.05) is 30.3 Å². The molecule has 26 heavy (non-hydrogen) atoms. The number of benzene rings is 2. The van der Waals surface area contributed by atoms with Crippen molar-refractivity contribution < 1.29 is 4.39 Å². The molecule has 3 aromatic rings. The normalized spacial score (nSPS) is 11.3. The summed E-state index contributed by atoms with van der Waals surface area (Å²) in [5, 5.41) is 9.40. The van der Waals surface area contributed by atoms with Crippen LogP contribution in [0.25, 0.3) is 11.1 Å². The van der Waals surface area contributed by atoms with E-state index in [9.17, 15) is 4.39 Å². The second-order valence-electron chi connectivity index (χ2n) is 5.70. The first-order chi connectivity index (χ1) is 12.1. The minimum absolute atomic E-state index is 0. The van der Waals surface area contributed by atoms with Crippen LogP contribution in [0, 0.1) is 17.1 Å². The Balaban J connectivity index is 0.00000243. The molecule has 1 heterocycles. The summed E-state index contributed by atoms with van der Waals surface area (Å²) in [4.78, 5) is 4.43. The summed E-state index contributed by atoms with van der Waals surface area (Å²) in [6, 6.07) is 17.1. The second-order valence-corrected chi connectivity index (χ2v) is 6.14. The zero-order valence-electron chi connectivity index (χ0n) is 13.7. The molecule has 0 aliphatic heterocycles. The van der Waals surface area contributed by atoms with E-state index in [2.05, 4.69) is 11.1 Å². The summed E-state index contributed by atoms with van der Waals surface area (Å²) in [7, 11) is 0. The van der Waals surface area contributed by atoms with E-state index < -0.39 is 11.9 Å². The second kappa shape index (κ2) is 8.77. The third-order valence-electron chi connectivity index (χ3n) is 3.92. The third-order valence-corrected chi connectivity index (χ3v) is 4.14. The molecule has 2 N–H and O–H groups in total. The summed E-state index contributed by atoms with van der Waals surface area (Å²) < 4.78 is 13.6. The average molecular weight is 388 g/mol. The van der Waals surface area contributed by atoms with Crippen LogP contribution in [0.3, 0.4) is 0 Å². The molecular formula is C20H16Cl2FN3. The van der Waals surface area contributed by atoms with Gasteiger partial charge in [0.05, 0.1) is 17.3 Å². The summed E-state index contributed by atoms with van der Waals surface area (Å²) in [6.45, 7) is 0. The Hall–Kier alpha value is -2.45. The van der Waals surface area contributed by atoms with Crippen LogP contribution in [0.2, 0.25) is 5.02 Å². The molecule has 0 spiro atoms. The number of nitrogens with two attached hydrogens (primary N) is 1. The van der Waals surface area contributed by atoms with Gasteiger partial charge in [-0.25, -0.2) is 4.39 Å². The molecular weight excluding hydrogens is 372 g/mol. The van der Waals surface area contributed by atoms with E-state index >= 15 is 0 Å². The molecule has 132 valence electrons. The summed E-state index contributed by atoms with van der Waals surface area (Å²) in [5.41, 5.74) is 10.0. The molecule has 0 amide bonds. The lowest BCUT2D eigenvalue weighted by atomic mass is 9.96. The maximum Gasteiger partial charge on any atom is 0.125 e. The first-order valence-corrected chi connectivity index (χ1v) is 8.10. The Morgan fingerprint density at radius 1 is 1.15 bits per heavy atom. The Bertz CT molecular complexity index is 934. The fourth-order valence-corrected chi connectivity index (χ4v) is 2.97. The van der Waals surface area contributed by atoms with Gasteiger partial charge >= 0.3 is 0 Å². The number of halogens is 3. The van der Waals surface area contributed by atoms with E-state index in [1.165, 1.54) is 12.1 Å². The molecule has 0 fully saturated rings. The van der Waals surface area contributed by atoms with Crippen molar-refractivity contribution in [2.24, 2.45) is 5.73 Å². The average Bonchev–Trinajstić information content (AvgIpc) is 2.61. The van der Waals surface area contributed by atoms with E-state index in [1.54, 1.807) is 18.3 Å². The molecule has 0 saturated heterocycles. The van der Waals surface area contributed by atoms with Crippen molar-refractivity contribution in [2.75, 3.05) is 0 Å². The number of nitriles is 1. The maximum absolute atomic E-state index is 13.6. The highest BCUT2D eigenvalue weighted by molar-refractivity contribution is 6.30. The molecule has 0 aliphatic carbocycles. The third kappa shape index (κ3) is 4.59. The van der Waals surface area contributed by atoms with Crippen LogP contribution in [0.1, 0.15) is 22.9 Å². The Morgan fingerprint density at radius 3 is 2.69 bits per heavy atom. The van der Waals surface area contributed by atoms with Gasteiger partial charge in [0.1, 0.15) is 5.82 Å². The van der Waals surface area contributed by atoms with E-state index in [4.69, 9.17) is 22.6 Å². The fraction of sp³-hybridized carbons (Fsp3) is 0.100. The molecule has 0 radical (unpaired) electrons. The minimum Gasteiger partial charge on any atom is -0.324 e. The summed E-state index contributed by atoms with van der Waals surface area (Å²) in [5.74, 6) is -0.416. The minimum atomic E-state index is -0.444. The standard InChI is InChI=1S/C20H15ClFN3.ClH/c21-16-8-15(9-17(22)10-16)19(24)11-20-18(5-2-6-25-20)14-4-1-3-13(7-14)12-23;/h1-10,19H,11,24H2;1H. The number of pyridine rings is 1. The van der Waals surface area contributed by atoms with Crippen molar-refractivity contribution in [3.8, 4) is 17.2 Å². The van der Waals surface area contributed by atoms with E-state index in [0.717, 1.165) is 16.8 Å². The fourth-order valence-electron chi connectivity index (χ4n) is 2.74. The molecule has 1 unspecified atom stereocenters. The van der Waals surface area contributed by atoms with Gasteiger partial charge in [-0.2, -0.15) is 5.26 Å². The van der Waals surface area contributed by atoms with Gasteiger partial charge in [0.2, 0.25) is 0 Å². The highest BCUT2D eigenvalue weighted by Gasteiger charge is 2.14. The van der Waals surface area contributed by atoms with Crippen molar-refractivity contribution in [1.82, 2.24) is 4.98 Å². The number of hydrogen-bond donors (Lipinski definition) is 1. The SMILES string of the molecule is Cl.N#Cc1cccc(-c2cccnc2CC(N)c2cc(F)cc(Cl)c2)c1. The van der Waals surface area contributed by atoms with Gasteiger partial charge in [0.15, 0.2) is 0 Å². The number of hydrogen-bond acceptors (Lipinski definition) is 3. The van der Waals surface area contributed by atoms with Gasteiger partial charge in [-0.15, -0.1) is 12.4 Å². The van der Waals surface area contributed by atoms with Crippen LogP contribution in [-0.2, 0) is 6.42 Å². The monoisotopic (exact) mass is 387 g/mol. The molecule has 1 aromatic heterocycles. The zero-order chi connectivity index (χ0) is 17.8. The number of rotatable bonds is 4. The van der Waals surface area contributed by atoms with Crippen molar-refractivity contribution in [2.45, 2.75) is 12.5 Å². The smallest absolute Gasteiger partial charge is 0.125 e. The lowest BCUT2D eigenvalue weighted by Crippen LogP contribution is -2.15. The lowest BCUT2D eigenvalue weighted by Gasteiger charge is -2.15. The van der Waals surface area contributed by atoms with Gasteiger partial charge in [-0.1, -0.05) is 29.8 Å². The molecule has 0 aliphatic rings. The predicted octanol–water partition coefficient (Wildman–Crippen LogP) is 5.08. The van der Waals surface area contributed by atoms with Gasteiger partial charge in [0, 0.05) is 29.2 Å². The maximum atomic E-state index is 13.6. The highest BCUT2D eigenvalue weighted by atomic mass is 35.5. The van der Waals surface area contributed by atoms with Crippen LogP contribution in [0.5, 0.6) is 0 Å². The van der Waals surface area contributed by atoms with Crippen LogP contribution < -0.4 is 5.73 Å². The van der Waals surface area contributed by atoms with Crippen LogP contribution >= 0.6 is 24.0 Å². The summed E-state index contributed by atoms with van der Waals surface area (Å²) in [6.07, 6.45) is 2.12. The van der Waals surface area contributed by atoms with Gasteiger partial charge < -0.3 is 5.73 Å². The van der Waals surface area contributed by atoms with Gasteiger partial charge in [-0.3, -0.25) is 4.98 Å². The lowest BCUT2D eigenvalue weighted by molar-refractivity contribution is 0.618. The van der Waals surface area contributed by atoms with Crippen molar-refractivity contribution in [3.63, 3.8) is 0 Å².